The molecule has 0 spiro atoms. The minimum absolute atomic E-state index is 0.498. The van der Waals surface area contributed by atoms with E-state index in [1.807, 2.05) is 38.1 Å². The highest BCUT2D eigenvalue weighted by Crippen LogP contribution is 2.21. The molecule has 0 saturated heterocycles. The van der Waals surface area contributed by atoms with Gasteiger partial charge in [-0.15, -0.1) is 0 Å². The van der Waals surface area contributed by atoms with Crippen LogP contribution in [0, 0.1) is 5.92 Å². The third kappa shape index (κ3) is 5.05. The normalized spacial score (nSPS) is 11.6. The van der Waals surface area contributed by atoms with Gasteiger partial charge >= 0.3 is 0 Å². The van der Waals surface area contributed by atoms with Crippen molar-refractivity contribution in [1.29, 1.82) is 0 Å². The molecule has 0 aromatic heterocycles. The fourth-order valence-electron chi connectivity index (χ4n) is 1.39. The molecule has 1 aromatic rings. The lowest BCUT2D eigenvalue weighted by atomic mass is 10.2. The molecule has 2 nitrogen and oxygen atoms in total. The first-order chi connectivity index (χ1) is 7.93. The Labute approximate surface area is 104 Å². The van der Waals surface area contributed by atoms with Crippen molar-refractivity contribution in [2.75, 3.05) is 6.61 Å². The van der Waals surface area contributed by atoms with Crippen LogP contribution in [0.15, 0.2) is 30.8 Å². The summed E-state index contributed by atoms with van der Waals surface area (Å²) in [5.41, 5.74) is 1.04. The summed E-state index contributed by atoms with van der Waals surface area (Å²) in [4.78, 5) is 0. The number of hydrogen-bond donors (Lipinski definition) is 0. The third-order valence-electron chi connectivity index (χ3n) is 2.22. The van der Waals surface area contributed by atoms with Crippen molar-refractivity contribution in [3.63, 3.8) is 0 Å². The molecule has 0 aliphatic heterocycles. The summed E-state index contributed by atoms with van der Waals surface area (Å²) in [6.07, 6.45) is 1.80. The van der Waals surface area contributed by atoms with Gasteiger partial charge in [0.15, 0.2) is 0 Å². The highest BCUT2D eigenvalue weighted by atomic mass is 16.7. The standard InChI is InChI=1S/C15H22O2/c1-6-13-8-7-9-14(10-13)17-15(4,5)16-11-12(2)3/h6-10,12H,1,11H2,2-5H3. The van der Waals surface area contributed by atoms with Gasteiger partial charge in [-0.1, -0.05) is 38.6 Å². The van der Waals surface area contributed by atoms with E-state index >= 15 is 0 Å². The molecule has 0 fully saturated rings. The summed E-state index contributed by atoms with van der Waals surface area (Å²) in [6, 6.07) is 7.81. The van der Waals surface area contributed by atoms with Gasteiger partial charge in [-0.2, -0.15) is 0 Å². The lowest BCUT2D eigenvalue weighted by Crippen LogP contribution is -2.33. The first kappa shape index (κ1) is 13.8. The summed E-state index contributed by atoms with van der Waals surface area (Å²) < 4.78 is 11.5. The van der Waals surface area contributed by atoms with E-state index in [0.717, 1.165) is 11.3 Å². The first-order valence-corrected chi connectivity index (χ1v) is 5.98. The average Bonchev–Trinajstić information content (AvgIpc) is 2.26. The summed E-state index contributed by atoms with van der Waals surface area (Å²) in [6.45, 7) is 12.5. The Morgan fingerprint density at radius 3 is 2.65 bits per heavy atom. The maximum absolute atomic E-state index is 5.82. The molecule has 94 valence electrons. The van der Waals surface area contributed by atoms with E-state index < -0.39 is 5.79 Å². The molecule has 0 atom stereocenters. The van der Waals surface area contributed by atoms with E-state index in [1.165, 1.54) is 0 Å². The van der Waals surface area contributed by atoms with E-state index in [1.54, 1.807) is 6.08 Å². The van der Waals surface area contributed by atoms with Gasteiger partial charge in [0.05, 0.1) is 6.61 Å². The quantitative estimate of drug-likeness (QED) is 0.689. The van der Waals surface area contributed by atoms with Gasteiger partial charge in [-0.25, -0.2) is 0 Å². The van der Waals surface area contributed by atoms with Crippen molar-refractivity contribution in [2.24, 2.45) is 5.92 Å². The first-order valence-electron chi connectivity index (χ1n) is 5.98. The zero-order valence-electron chi connectivity index (χ0n) is 11.2. The molecule has 0 heterocycles. The van der Waals surface area contributed by atoms with Crippen LogP contribution in [-0.2, 0) is 4.74 Å². The number of hydrogen-bond acceptors (Lipinski definition) is 2. The number of benzene rings is 1. The Hall–Kier alpha value is -1.28. The summed E-state index contributed by atoms with van der Waals surface area (Å²) in [7, 11) is 0. The molecule has 0 aliphatic carbocycles. The fraction of sp³-hybridized carbons (Fsp3) is 0.467. The zero-order chi connectivity index (χ0) is 12.9. The monoisotopic (exact) mass is 234 g/mol. The highest BCUT2D eigenvalue weighted by molar-refractivity contribution is 5.49. The molecule has 0 unspecified atom stereocenters. The minimum Gasteiger partial charge on any atom is -0.463 e. The van der Waals surface area contributed by atoms with Crippen LogP contribution < -0.4 is 4.74 Å². The SMILES string of the molecule is C=Cc1cccc(OC(C)(C)OCC(C)C)c1. The van der Waals surface area contributed by atoms with Crippen molar-refractivity contribution >= 4 is 6.08 Å². The molecule has 1 aromatic carbocycles. The molecule has 0 radical (unpaired) electrons. The van der Waals surface area contributed by atoms with Gasteiger partial charge in [0, 0.05) is 13.8 Å². The second-order valence-corrected chi connectivity index (χ2v) is 4.98. The van der Waals surface area contributed by atoms with Crippen LogP contribution in [0.3, 0.4) is 0 Å². The van der Waals surface area contributed by atoms with Crippen molar-refractivity contribution in [3.05, 3.63) is 36.4 Å². The maximum atomic E-state index is 5.82. The van der Waals surface area contributed by atoms with Crippen LogP contribution in [0.25, 0.3) is 6.08 Å². The number of ether oxygens (including phenoxy) is 2. The summed E-state index contributed by atoms with van der Waals surface area (Å²) in [5.74, 6) is 0.692. The maximum Gasteiger partial charge on any atom is 0.204 e. The Balaban J connectivity index is 2.64. The summed E-state index contributed by atoms with van der Waals surface area (Å²) in [5, 5.41) is 0. The number of rotatable bonds is 6. The van der Waals surface area contributed by atoms with E-state index in [9.17, 15) is 0 Å². The van der Waals surface area contributed by atoms with Gasteiger partial charge < -0.3 is 9.47 Å². The molecule has 0 N–H and O–H groups in total. The smallest absolute Gasteiger partial charge is 0.204 e. The van der Waals surface area contributed by atoms with Gasteiger partial charge in [-0.3, -0.25) is 0 Å². The largest absolute Gasteiger partial charge is 0.463 e. The molecule has 0 amide bonds. The Bertz CT molecular complexity index is 367. The van der Waals surface area contributed by atoms with Crippen LogP contribution in [0.1, 0.15) is 33.3 Å². The second-order valence-electron chi connectivity index (χ2n) is 4.98. The predicted octanol–water partition coefficient (Wildman–Crippen LogP) is 4.12. The molecule has 2 heteroatoms. The van der Waals surface area contributed by atoms with Crippen molar-refractivity contribution in [1.82, 2.24) is 0 Å². The van der Waals surface area contributed by atoms with Crippen LogP contribution >= 0.6 is 0 Å². The molecular weight excluding hydrogens is 212 g/mol. The van der Waals surface area contributed by atoms with E-state index in [0.29, 0.717) is 12.5 Å². The zero-order valence-corrected chi connectivity index (χ0v) is 11.2. The lowest BCUT2D eigenvalue weighted by Gasteiger charge is -2.27. The predicted molar refractivity (Wildman–Crippen MR) is 72.0 cm³/mol. The molecule has 1 rings (SSSR count). The third-order valence-corrected chi connectivity index (χ3v) is 2.22. The second kappa shape index (κ2) is 5.87. The van der Waals surface area contributed by atoms with E-state index in [4.69, 9.17) is 9.47 Å². The molecule has 0 aliphatic rings. The van der Waals surface area contributed by atoms with Gasteiger partial charge in [0.25, 0.3) is 0 Å². The van der Waals surface area contributed by atoms with E-state index in [-0.39, 0.29) is 0 Å². The van der Waals surface area contributed by atoms with E-state index in [2.05, 4.69) is 20.4 Å². The highest BCUT2D eigenvalue weighted by Gasteiger charge is 2.20. The van der Waals surface area contributed by atoms with Crippen LogP contribution in [0.4, 0.5) is 0 Å². The molecule has 0 bridgehead atoms. The van der Waals surface area contributed by atoms with Crippen molar-refractivity contribution in [2.45, 2.75) is 33.5 Å². The van der Waals surface area contributed by atoms with Crippen LogP contribution in [0.2, 0.25) is 0 Å². The Kier molecular flexibility index (Phi) is 4.76. The molecule has 17 heavy (non-hydrogen) atoms. The summed E-state index contributed by atoms with van der Waals surface area (Å²) >= 11 is 0. The van der Waals surface area contributed by atoms with Crippen molar-refractivity contribution in [3.8, 4) is 5.75 Å². The van der Waals surface area contributed by atoms with Crippen molar-refractivity contribution < 1.29 is 9.47 Å². The fourth-order valence-corrected chi connectivity index (χ4v) is 1.39. The minimum atomic E-state index is -0.607. The topological polar surface area (TPSA) is 18.5 Å². The lowest BCUT2D eigenvalue weighted by molar-refractivity contribution is -0.162. The average molecular weight is 234 g/mol. The Morgan fingerprint density at radius 2 is 2.06 bits per heavy atom. The molecular formula is C15H22O2. The van der Waals surface area contributed by atoms with Gasteiger partial charge in [0.1, 0.15) is 5.75 Å². The van der Waals surface area contributed by atoms with Crippen LogP contribution in [0.5, 0.6) is 5.75 Å². The van der Waals surface area contributed by atoms with Gasteiger partial charge in [0.2, 0.25) is 5.79 Å². The molecule has 0 saturated carbocycles. The van der Waals surface area contributed by atoms with Gasteiger partial charge in [-0.05, 0) is 23.6 Å². The Morgan fingerprint density at radius 1 is 1.35 bits per heavy atom. The van der Waals surface area contributed by atoms with Crippen LogP contribution in [-0.4, -0.2) is 12.4 Å².